The van der Waals surface area contributed by atoms with Crippen molar-refractivity contribution in [3.8, 4) is 5.75 Å². The minimum Gasteiger partial charge on any atom is -0.493 e. The second kappa shape index (κ2) is 3.02. The van der Waals surface area contributed by atoms with Gasteiger partial charge in [0, 0.05) is 6.20 Å². The van der Waals surface area contributed by atoms with E-state index in [2.05, 4.69) is 4.98 Å². The molecule has 0 atom stereocenters. The van der Waals surface area contributed by atoms with E-state index in [-0.39, 0.29) is 11.2 Å². The fraction of sp³-hybridized carbons (Fsp3) is 0.111. The number of nitrogens with two attached hydrogens (primary N) is 1. The van der Waals surface area contributed by atoms with Crippen LogP contribution in [0.15, 0.2) is 29.3 Å². The van der Waals surface area contributed by atoms with Crippen molar-refractivity contribution >= 4 is 11.3 Å². The third-order valence-corrected chi connectivity index (χ3v) is 1.94. The fourth-order valence-corrected chi connectivity index (χ4v) is 1.25. The van der Waals surface area contributed by atoms with Gasteiger partial charge in [-0.15, -0.1) is 0 Å². The highest BCUT2D eigenvalue weighted by Gasteiger charge is 2.04. The van der Waals surface area contributed by atoms with Gasteiger partial charge >= 0.3 is 0 Å². The Morgan fingerprint density at radius 1 is 1.57 bits per heavy atom. The van der Waals surface area contributed by atoms with Gasteiger partial charge in [-0.3, -0.25) is 9.20 Å². The SMILES string of the molecule is COc1cccn2c(=O)c(N)cnc12. The minimum absolute atomic E-state index is 0.121. The first-order valence-corrected chi connectivity index (χ1v) is 4.04. The molecule has 0 aromatic carbocycles. The van der Waals surface area contributed by atoms with Crippen LogP contribution in [0.3, 0.4) is 0 Å². The zero-order chi connectivity index (χ0) is 10.1. The van der Waals surface area contributed by atoms with E-state index in [1.807, 2.05) is 0 Å². The summed E-state index contributed by atoms with van der Waals surface area (Å²) in [5, 5.41) is 0. The Balaban J connectivity index is 2.93. The van der Waals surface area contributed by atoms with Gasteiger partial charge in [0.25, 0.3) is 5.56 Å². The van der Waals surface area contributed by atoms with E-state index in [1.165, 1.54) is 17.7 Å². The molecule has 0 spiro atoms. The summed E-state index contributed by atoms with van der Waals surface area (Å²) in [5.41, 5.74) is 5.75. The van der Waals surface area contributed by atoms with Crippen LogP contribution in [0.4, 0.5) is 5.69 Å². The molecule has 2 aromatic heterocycles. The maximum atomic E-state index is 11.5. The van der Waals surface area contributed by atoms with Crippen molar-refractivity contribution in [1.29, 1.82) is 0 Å². The highest BCUT2D eigenvalue weighted by molar-refractivity contribution is 5.55. The summed E-state index contributed by atoms with van der Waals surface area (Å²) in [7, 11) is 1.53. The van der Waals surface area contributed by atoms with Gasteiger partial charge in [0.15, 0.2) is 11.4 Å². The van der Waals surface area contributed by atoms with Crippen LogP contribution in [0.2, 0.25) is 0 Å². The summed E-state index contributed by atoms with van der Waals surface area (Å²) in [6.07, 6.45) is 2.93. The van der Waals surface area contributed by atoms with Gasteiger partial charge in [-0.05, 0) is 12.1 Å². The standard InChI is InChI=1S/C9H9N3O2/c1-14-7-3-2-4-12-8(7)11-5-6(10)9(12)13/h2-5H,10H2,1H3. The molecule has 0 radical (unpaired) electrons. The van der Waals surface area contributed by atoms with Crippen LogP contribution in [0.1, 0.15) is 0 Å². The first kappa shape index (κ1) is 8.55. The molecule has 2 N–H and O–H groups in total. The molecule has 0 aliphatic heterocycles. The number of ether oxygens (including phenoxy) is 1. The van der Waals surface area contributed by atoms with Gasteiger partial charge in [0.05, 0.1) is 13.3 Å². The molecule has 72 valence electrons. The fourth-order valence-electron chi connectivity index (χ4n) is 1.25. The van der Waals surface area contributed by atoms with E-state index in [9.17, 15) is 4.79 Å². The molecule has 2 heterocycles. The lowest BCUT2D eigenvalue weighted by molar-refractivity contribution is 0.416. The summed E-state index contributed by atoms with van der Waals surface area (Å²) < 4.78 is 6.41. The predicted octanol–water partition coefficient (Wildman–Crippen LogP) is 0.285. The molecule has 14 heavy (non-hydrogen) atoms. The van der Waals surface area contributed by atoms with Crippen molar-refractivity contribution in [3.63, 3.8) is 0 Å². The largest absolute Gasteiger partial charge is 0.493 e. The number of nitrogens with zero attached hydrogens (tertiary/aromatic N) is 2. The van der Waals surface area contributed by atoms with Crippen molar-refractivity contribution in [2.45, 2.75) is 0 Å². The molecule has 0 amide bonds. The van der Waals surface area contributed by atoms with Crippen LogP contribution in [0.5, 0.6) is 5.75 Å². The van der Waals surface area contributed by atoms with E-state index in [0.29, 0.717) is 11.4 Å². The number of anilines is 1. The van der Waals surface area contributed by atoms with Crippen molar-refractivity contribution in [3.05, 3.63) is 34.9 Å². The zero-order valence-corrected chi connectivity index (χ0v) is 7.60. The molecule has 0 fully saturated rings. The smallest absolute Gasteiger partial charge is 0.281 e. The molecule has 0 aliphatic rings. The average molecular weight is 191 g/mol. The maximum Gasteiger partial charge on any atom is 0.281 e. The molecule has 0 aliphatic carbocycles. The van der Waals surface area contributed by atoms with Crippen LogP contribution >= 0.6 is 0 Å². The summed E-state index contributed by atoms with van der Waals surface area (Å²) >= 11 is 0. The van der Waals surface area contributed by atoms with Crippen LogP contribution in [0.25, 0.3) is 5.65 Å². The zero-order valence-electron chi connectivity index (χ0n) is 7.60. The molecular weight excluding hydrogens is 182 g/mol. The Morgan fingerprint density at radius 2 is 2.36 bits per heavy atom. The number of aromatic nitrogens is 2. The number of nitrogen functional groups attached to an aromatic ring is 1. The van der Waals surface area contributed by atoms with E-state index < -0.39 is 0 Å². The normalized spacial score (nSPS) is 10.4. The molecule has 0 unspecified atom stereocenters. The lowest BCUT2D eigenvalue weighted by Gasteiger charge is -2.05. The summed E-state index contributed by atoms with van der Waals surface area (Å²) in [6.45, 7) is 0. The van der Waals surface area contributed by atoms with Crippen molar-refractivity contribution in [1.82, 2.24) is 9.38 Å². The Hall–Kier alpha value is -2.04. The monoisotopic (exact) mass is 191 g/mol. The third kappa shape index (κ3) is 1.10. The number of methoxy groups -OCH3 is 1. The minimum atomic E-state index is -0.283. The quantitative estimate of drug-likeness (QED) is 0.703. The molecule has 0 saturated carbocycles. The van der Waals surface area contributed by atoms with E-state index in [1.54, 1.807) is 18.3 Å². The summed E-state index contributed by atoms with van der Waals surface area (Å²) in [6, 6.07) is 3.44. The lowest BCUT2D eigenvalue weighted by Crippen LogP contribution is -2.18. The Kier molecular flexibility index (Phi) is 1.85. The molecule has 0 saturated heterocycles. The van der Waals surface area contributed by atoms with Gasteiger partial charge in [0.2, 0.25) is 0 Å². The number of rotatable bonds is 1. The van der Waals surface area contributed by atoms with Gasteiger partial charge in [0.1, 0.15) is 5.69 Å². The number of hydrogen-bond donors (Lipinski definition) is 1. The van der Waals surface area contributed by atoms with E-state index in [4.69, 9.17) is 10.5 Å². The van der Waals surface area contributed by atoms with E-state index in [0.717, 1.165) is 0 Å². The number of hydrogen-bond acceptors (Lipinski definition) is 4. The van der Waals surface area contributed by atoms with Crippen LogP contribution in [0, 0.1) is 0 Å². The third-order valence-electron chi connectivity index (χ3n) is 1.94. The number of fused-ring (bicyclic) bond motifs is 1. The second-order valence-corrected chi connectivity index (χ2v) is 2.79. The van der Waals surface area contributed by atoms with Crippen molar-refractivity contribution in [2.24, 2.45) is 0 Å². The van der Waals surface area contributed by atoms with Crippen molar-refractivity contribution in [2.75, 3.05) is 12.8 Å². The van der Waals surface area contributed by atoms with Crippen LogP contribution < -0.4 is 16.0 Å². The molecule has 5 nitrogen and oxygen atoms in total. The van der Waals surface area contributed by atoms with Gasteiger partial charge < -0.3 is 10.5 Å². The lowest BCUT2D eigenvalue weighted by atomic mass is 10.4. The van der Waals surface area contributed by atoms with Gasteiger partial charge in [-0.25, -0.2) is 4.98 Å². The van der Waals surface area contributed by atoms with Crippen LogP contribution in [-0.2, 0) is 0 Å². The first-order chi connectivity index (χ1) is 6.74. The van der Waals surface area contributed by atoms with Crippen molar-refractivity contribution < 1.29 is 4.74 Å². The van der Waals surface area contributed by atoms with E-state index >= 15 is 0 Å². The maximum absolute atomic E-state index is 11.5. The number of pyridine rings is 1. The van der Waals surface area contributed by atoms with Gasteiger partial charge in [-0.2, -0.15) is 0 Å². The molecule has 2 aromatic rings. The van der Waals surface area contributed by atoms with Gasteiger partial charge in [-0.1, -0.05) is 0 Å². The molecule has 2 rings (SSSR count). The Bertz CT molecular complexity index is 533. The molecule has 5 heteroatoms. The average Bonchev–Trinajstić information content (AvgIpc) is 2.23. The first-order valence-electron chi connectivity index (χ1n) is 4.04. The highest BCUT2D eigenvalue weighted by Crippen LogP contribution is 2.14. The topological polar surface area (TPSA) is 69.6 Å². The summed E-state index contributed by atoms with van der Waals surface area (Å²) in [4.78, 5) is 15.6. The molecular formula is C9H9N3O2. The Labute approximate surface area is 79.8 Å². The highest BCUT2D eigenvalue weighted by atomic mass is 16.5. The van der Waals surface area contributed by atoms with Crippen LogP contribution in [-0.4, -0.2) is 16.5 Å². The second-order valence-electron chi connectivity index (χ2n) is 2.79. The predicted molar refractivity (Wildman–Crippen MR) is 52.4 cm³/mol. The Morgan fingerprint density at radius 3 is 3.07 bits per heavy atom. The molecule has 0 bridgehead atoms. The summed E-state index contributed by atoms with van der Waals surface area (Å²) in [5.74, 6) is 0.546.